The maximum Gasteiger partial charge on any atom is 0.225 e. The second kappa shape index (κ2) is 5.96. The number of aromatic nitrogens is 5. The Balaban J connectivity index is 1.17. The van der Waals surface area contributed by atoms with Gasteiger partial charge in [0.05, 0.1) is 0 Å². The Labute approximate surface area is 145 Å². The second-order valence-electron chi connectivity index (χ2n) is 6.55. The van der Waals surface area contributed by atoms with E-state index in [4.69, 9.17) is 0 Å². The Morgan fingerprint density at radius 2 is 1.64 bits per heavy atom. The predicted octanol–water partition coefficient (Wildman–Crippen LogP) is 0.530. The Kier molecular flexibility index (Phi) is 3.48. The molecule has 2 saturated heterocycles. The van der Waals surface area contributed by atoms with E-state index >= 15 is 0 Å². The van der Waals surface area contributed by atoms with Gasteiger partial charge < -0.3 is 9.80 Å². The first-order valence-corrected chi connectivity index (χ1v) is 8.68. The molecule has 3 aromatic heterocycles. The number of imidazole rings is 1. The summed E-state index contributed by atoms with van der Waals surface area (Å²) in [4.78, 5) is 20.1. The fourth-order valence-corrected chi connectivity index (χ4v) is 3.59. The Morgan fingerprint density at radius 3 is 2.44 bits per heavy atom. The van der Waals surface area contributed by atoms with E-state index in [1.807, 2.05) is 35.2 Å². The number of fused-ring (bicyclic) bond motifs is 1. The van der Waals surface area contributed by atoms with Gasteiger partial charge in [0.15, 0.2) is 5.65 Å². The van der Waals surface area contributed by atoms with Crippen LogP contribution in [0.2, 0.25) is 0 Å². The number of nitrogens with zero attached hydrogens (tertiary/aromatic N) is 8. The summed E-state index contributed by atoms with van der Waals surface area (Å²) >= 11 is 0. The molecule has 0 atom stereocenters. The lowest BCUT2D eigenvalue weighted by Gasteiger charge is -2.48. The van der Waals surface area contributed by atoms with E-state index < -0.39 is 0 Å². The van der Waals surface area contributed by atoms with Crippen LogP contribution in [0.25, 0.3) is 5.65 Å². The quantitative estimate of drug-likeness (QED) is 0.691. The summed E-state index contributed by atoms with van der Waals surface area (Å²) in [6.45, 7) is 6.17. The van der Waals surface area contributed by atoms with Crippen LogP contribution < -0.4 is 9.80 Å². The third-order valence-corrected chi connectivity index (χ3v) is 5.09. The highest BCUT2D eigenvalue weighted by atomic mass is 15.4. The zero-order valence-corrected chi connectivity index (χ0v) is 13.9. The minimum atomic E-state index is 0.610. The lowest BCUT2D eigenvalue weighted by Crippen LogP contribution is -2.63. The van der Waals surface area contributed by atoms with Crippen LogP contribution in [-0.4, -0.2) is 74.8 Å². The van der Waals surface area contributed by atoms with Crippen molar-refractivity contribution in [2.24, 2.45) is 0 Å². The summed E-state index contributed by atoms with van der Waals surface area (Å²) in [5, 5.41) is 4.63. The van der Waals surface area contributed by atoms with Crippen LogP contribution >= 0.6 is 0 Å². The van der Waals surface area contributed by atoms with Crippen LogP contribution in [0, 0.1) is 0 Å². The van der Waals surface area contributed by atoms with Crippen LogP contribution in [0.1, 0.15) is 0 Å². The zero-order valence-electron chi connectivity index (χ0n) is 13.9. The van der Waals surface area contributed by atoms with Gasteiger partial charge in [0.1, 0.15) is 5.82 Å². The molecule has 128 valence electrons. The Bertz CT molecular complexity index is 849. The molecule has 5 heterocycles. The highest BCUT2D eigenvalue weighted by Crippen LogP contribution is 2.23. The van der Waals surface area contributed by atoms with Gasteiger partial charge in [-0.1, -0.05) is 0 Å². The number of rotatable bonds is 3. The Morgan fingerprint density at radius 1 is 0.840 bits per heavy atom. The molecule has 0 N–H and O–H groups in total. The van der Waals surface area contributed by atoms with Crippen molar-refractivity contribution in [3.05, 3.63) is 43.0 Å². The van der Waals surface area contributed by atoms with E-state index in [-0.39, 0.29) is 0 Å². The van der Waals surface area contributed by atoms with E-state index in [1.165, 1.54) is 0 Å². The molecule has 25 heavy (non-hydrogen) atoms. The molecule has 0 bridgehead atoms. The van der Waals surface area contributed by atoms with Gasteiger partial charge in [-0.05, 0) is 18.2 Å². The molecule has 2 fully saturated rings. The molecule has 5 rings (SSSR count). The largest absolute Gasteiger partial charge is 0.352 e. The number of hydrogen-bond donors (Lipinski definition) is 0. The molecule has 3 aromatic rings. The third-order valence-electron chi connectivity index (χ3n) is 5.09. The molecule has 2 aliphatic heterocycles. The molecule has 0 spiro atoms. The van der Waals surface area contributed by atoms with E-state index in [0.717, 1.165) is 56.7 Å². The van der Waals surface area contributed by atoms with Gasteiger partial charge in [0.25, 0.3) is 0 Å². The minimum absolute atomic E-state index is 0.610. The fourth-order valence-electron chi connectivity index (χ4n) is 3.59. The standard InChI is InChI=1S/C17H20N8/c1-4-19-17(20-5-1)23-10-8-22(9-11-23)14-12-24(13-14)16-3-2-15-18-6-7-25(15)21-16/h1-7,14H,8-13H2. The lowest BCUT2D eigenvalue weighted by molar-refractivity contribution is 0.156. The maximum atomic E-state index is 4.63. The highest BCUT2D eigenvalue weighted by Gasteiger charge is 2.34. The van der Waals surface area contributed by atoms with Crippen LogP contribution in [0.5, 0.6) is 0 Å². The van der Waals surface area contributed by atoms with E-state index in [1.54, 1.807) is 6.20 Å². The summed E-state index contributed by atoms with van der Waals surface area (Å²) in [6, 6.07) is 6.55. The van der Waals surface area contributed by atoms with Crippen molar-refractivity contribution in [3.8, 4) is 0 Å². The lowest BCUT2D eigenvalue weighted by atomic mass is 10.1. The van der Waals surface area contributed by atoms with E-state index in [0.29, 0.717) is 6.04 Å². The number of hydrogen-bond acceptors (Lipinski definition) is 7. The number of piperazine rings is 1. The van der Waals surface area contributed by atoms with Crippen molar-refractivity contribution in [2.45, 2.75) is 6.04 Å². The van der Waals surface area contributed by atoms with Crippen molar-refractivity contribution in [1.29, 1.82) is 0 Å². The van der Waals surface area contributed by atoms with Crippen molar-refractivity contribution < 1.29 is 0 Å². The number of anilines is 2. The molecule has 0 amide bonds. The van der Waals surface area contributed by atoms with Gasteiger partial charge >= 0.3 is 0 Å². The highest BCUT2D eigenvalue weighted by molar-refractivity contribution is 5.48. The van der Waals surface area contributed by atoms with Gasteiger partial charge in [-0.2, -0.15) is 0 Å². The molecule has 0 saturated carbocycles. The molecule has 0 unspecified atom stereocenters. The first-order valence-electron chi connectivity index (χ1n) is 8.68. The van der Waals surface area contributed by atoms with Crippen LogP contribution in [0.3, 0.4) is 0 Å². The van der Waals surface area contributed by atoms with Gasteiger partial charge in [-0.3, -0.25) is 4.90 Å². The molecule has 8 nitrogen and oxygen atoms in total. The SMILES string of the molecule is c1cnc(N2CCN(C3CN(c4ccc5nccn5n4)C3)CC2)nc1. The van der Waals surface area contributed by atoms with Gasteiger partial charge in [0, 0.05) is 70.1 Å². The van der Waals surface area contributed by atoms with Crippen molar-refractivity contribution in [1.82, 2.24) is 29.5 Å². The maximum absolute atomic E-state index is 4.63. The van der Waals surface area contributed by atoms with Crippen LogP contribution in [0.4, 0.5) is 11.8 Å². The van der Waals surface area contributed by atoms with Crippen LogP contribution in [-0.2, 0) is 0 Å². The monoisotopic (exact) mass is 336 g/mol. The van der Waals surface area contributed by atoms with Crippen LogP contribution in [0.15, 0.2) is 43.0 Å². The molecular formula is C17H20N8. The first-order chi connectivity index (χ1) is 12.4. The van der Waals surface area contributed by atoms with E-state index in [2.05, 4.69) is 40.8 Å². The first kappa shape index (κ1) is 14.6. The van der Waals surface area contributed by atoms with Crippen molar-refractivity contribution >= 4 is 17.4 Å². The molecular weight excluding hydrogens is 316 g/mol. The normalized spacial score (nSPS) is 19.4. The average molecular weight is 336 g/mol. The minimum Gasteiger partial charge on any atom is -0.352 e. The predicted molar refractivity (Wildman–Crippen MR) is 94.8 cm³/mol. The fraction of sp³-hybridized carbons (Fsp3) is 0.412. The molecule has 2 aliphatic rings. The summed E-state index contributed by atoms with van der Waals surface area (Å²) in [7, 11) is 0. The Hall–Kier alpha value is -2.74. The summed E-state index contributed by atoms with van der Waals surface area (Å²) < 4.78 is 1.83. The van der Waals surface area contributed by atoms with Gasteiger partial charge in [0.2, 0.25) is 5.95 Å². The van der Waals surface area contributed by atoms with Crippen molar-refractivity contribution in [2.75, 3.05) is 49.1 Å². The molecule has 0 aromatic carbocycles. The van der Waals surface area contributed by atoms with E-state index in [9.17, 15) is 0 Å². The molecule has 0 radical (unpaired) electrons. The van der Waals surface area contributed by atoms with Gasteiger partial charge in [-0.15, -0.1) is 5.10 Å². The van der Waals surface area contributed by atoms with Crippen molar-refractivity contribution in [3.63, 3.8) is 0 Å². The summed E-state index contributed by atoms with van der Waals surface area (Å²) in [5.74, 6) is 1.87. The molecule has 0 aliphatic carbocycles. The topological polar surface area (TPSA) is 65.7 Å². The van der Waals surface area contributed by atoms with Gasteiger partial charge in [-0.25, -0.2) is 19.5 Å². The zero-order chi connectivity index (χ0) is 16.6. The summed E-state index contributed by atoms with van der Waals surface area (Å²) in [6.07, 6.45) is 7.28. The third kappa shape index (κ3) is 2.68. The summed E-state index contributed by atoms with van der Waals surface area (Å²) in [5.41, 5.74) is 0.889. The smallest absolute Gasteiger partial charge is 0.225 e. The second-order valence-corrected chi connectivity index (χ2v) is 6.55. The average Bonchev–Trinajstić information content (AvgIpc) is 3.10. The molecule has 8 heteroatoms.